The monoisotopic (exact) mass is 364 g/mol. The molecule has 1 aromatic heterocycles. The first-order valence-electron chi connectivity index (χ1n) is 10.2. The van der Waals surface area contributed by atoms with Crippen molar-refractivity contribution in [3.63, 3.8) is 0 Å². The minimum Gasteiger partial charge on any atom is -0.354 e. The molecule has 1 aromatic carbocycles. The zero-order valence-electron chi connectivity index (χ0n) is 17.1. The van der Waals surface area contributed by atoms with Crippen molar-refractivity contribution in [2.24, 2.45) is 0 Å². The summed E-state index contributed by atoms with van der Waals surface area (Å²) in [5.74, 6) is 1.09. The van der Waals surface area contributed by atoms with Crippen LogP contribution in [-0.2, 0) is 5.41 Å². The van der Waals surface area contributed by atoms with Crippen LogP contribution in [0.3, 0.4) is 0 Å². The van der Waals surface area contributed by atoms with Crippen molar-refractivity contribution in [3.05, 3.63) is 47.5 Å². The number of anilines is 1. The van der Waals surface area contributed by atoms with Gasteiger partial charge in [-0.05, 0) is 61.7 Å². The number of hydrogen-bond donors (Lipinski definition) is 1. The summed E-state index contributed by atoms with van der Waals surface area (Å²) in [6, 6.07) is 13.9. The maximum absolute atomic E-state index is 5.01. The molecule has 4 nitrogen and oxygen atoms in total. The van der Waals surface area contributed by atoms with Gasteiger partial charge in [0, 0.05) is 37.8 Å². The molecule has 1 saturated heterocycles. The second kappa shape index (κ2) is 7.25. The summed E-state index contributed by atoms with van der Waals surface area (Å²) in [6.07, 6.45) is 2.45. The van der Waals surface area contributed by atoms with Gasteiger partial charge in [0.15, 0.2) is 0 Å². The fourth-order valence-corrected chi connectivity index (χ4v) is 4.59. The van der Waals surface area contributed by atoms with Gasteiger partial charge in [-0.15, -0.1) is 0 Å². The Balaban J connectivity index is 1.72. The van der Waals surface area contributed by atoms with Crippen LogP contribution in [-0.4, -0.2) is 50.2 Å². The Bertz CT molecular complexity index is 806. The van der Waals surface area contributed by atoms with Crippen molar-refractivity contribution in [2.45, 2.75) is 38.1 Å². The van der Waals surface area contributed by atoms with E-state index in [1.54, 1.807) is 0 Å². The normalized spacial score (nSPS) is 22.0. The first-order chi connectivity index (χ1) is 13.0. The average Bonchev–Trinajstić information content (AvgIpc) is 2.68. The Labute approximate surface area is 163 Å². The predicted molar refractivity (Wildman–Crippen MR) is 113 cm³/mol. The summed E-state index contributed by atoms with van der Waals surface area (Å²) in [5.41, 5.74) is 5.53. The summed E-state index contributed by atoms with van der Waals surface area (Å²) < 4.78 is 0. The smallest absolute Gasteiger partial charge is 0.129 e. The minimum absolute atomic E-state index is 0.246. The molecule has 27 heavy (non-hydrogen) atoms. The van der Waals surface area contributed by atoms with E-state index in [1.165, 1.54) is 29.5 Å². The van der Waals surface area contributed by atoms with E-state index in [1.807, 2.05) is 0 Å². The van der Waals surface area contributed by atoms with Crippen LogP contribution in [0.1, 0.15) is 43.9 Å². The molecule has 0 bridgehead atoms. The van der Waals surface area contributed by atoms with Crippen LogP contribution in [0.5, 0.6) is 0 Å². The number of aromatic nitrogens is 1. The molecule has 0 amide bonds. The fourth-order valence-electron chi connectivity index (χ4n) is 4.59. The van der Waals surface area contributed by atoms with E-state index >= 15 is 0 Å². The van der Waals surface area contributed by atoms with Gasteiger partial charge >= 0.3 is 0 Å². The molecular formula is C23H32N4. The third-order valence-electron chi connectivity index (χ3n) is 6.28. The number of rotatable bonds is 3. The van der Waals surface area contributed by atoms with Crippen molar-refractivity contribution in [1.82, 2.24) is 15.2 Å². The largest absolute Gasteiger partial charge is 0.354 e. The molecule has 1 fully saturated rings. The molecule has 0 radical (unpaired) electrons. The number of piperazine rings is 1. The second-order valence-electron chi connectivity index (χ2n) is 8.82. The Hall–Kier alpha value is -1.91. The van der Waals surface area contributed by atoms with Crippen LogP contribution in [0.2, 0.25) is 0 Å². The molecule has 0 saturated carbocycles. The summed E-state index contributed by atoms with van der Waals surface area (Å²) in [6.45, 7) is 8.87. The van der Waals surface area contributed by atoms with Gasteiger partial charge in [0.05, 0.1) is 5.69 Å². The third-order valence-corrected chi connectivity index (χ3v) is 6.28. The van der Waals surface area contributed by atoms with E-state index in [9.17, 15) is 0 Å². The van der Waals surface area contributed by atoms with Gasteiger partial charge in [-0.3, -0.25) is 0 Å². The van der Waals surface area contributed by atoms with Crippen LogP contribution in [0.15, 0.2) is 36.4 Å². The zero-order valence-corrected chi connectivity index (χ0v) is 17.1. The number of hydrogen-bond acceptors (Lipinski definition) is 4. The third kappa shape index (κ3) is 3.61. The molecule has 4 rings (SSSR count). The zero-order chi connectivity index (χ0) is 19.0. The van der Waals surface area contributed by atoms with Crippen LogP contribution >= 0.6 is 0 Å². The molecule has 0 spiro atoms. The predicted octanol–water partition coefficient (Wildman–Crippen LogP) is 3.83. The lowest BCUT2D eigenvalue weighted by molar-refractivity contribution is 0.238. The van der Waals surface area contributed by atoms with Gasteiger partial charge in [0.25, 0.3) is 0 Å². The molecule has 2 heterocycles. The highest BCUT2D eigenvalue weighted by atomic mass is 15.2. The Morgan fingerprint density at radius 3 is 2.63 bits per heavy atom. The van der Waals surface area contributed by atoms with Gasteiger partial charge in [0.2, 0.25) is 0 Å². The molecule has 1 aliphatic heterocycles. The Morgan fingerprint density at radius 1 is 1.11 bits per heavy atom. The van der Waals surface area contributed by atoms with Crippen molar-refractivity contribution in [3.8, 4) is 11.3 Å². The lowest BCUT2D eigenvalue weighted by Crippen LogP contribution is -2.43. The topological polar surface area (TPSA) is 31.4 Å². The van der Waals surface area contributed by atoms with Gasteiger partial charge in [-0.25, -0.2) is 4.98 Å². The molecule has 1 aliphatic carbocycles. The van der Waals surface area contributed by atoms with E-state index in [2.05, 4.69) is 79.5 Å². The van der Waals surface area contributed by atoms with Gasteiger partial charge in [0.1, 0.15) is 5.82 Å². The van der Waals surface area contributed by atoms with Gasteiger partial charge in [-0.1, -0.05) is 32.0 Å². The van der Waals surface area contributed by atoms with Crippen molar-refractivity contribution in [1.29, 1.82) is 0 Å². The second-order valence-corrected chi connectivity index (χ2v) is 8.82. The summed E-state index contributed by atoms with van der Waals surface area (Å²) in [7, 11) is 4.39. The van der Waals surface area contributed by atoms with Gasteiger partial charge in [-0.2, -0.15) is 0 Å². The first kappa shape index (κ1) is 18.5. The molecule has 1 atom stereocenters. The van der Waals surface area contributed by atoms with Crippen LogP contribution in [0.25, 0.3) is 11.3 Å². The molecule has 1 unspecified atom stereocenters. The highest BCUT2D eigenvalue weighted by Crippen LogP contribution is 2.44. The highest BCUT2D eigenvalue weighted by Gasteiger charge is 2.33. The maximum Gasteiger partial charge on any atom is 0.129 e. The molecule has 4 heteroatoms. The Kier molecular flexibility index (Phi) is 4.95. The van der Waals surface area contributed by atoms with E-state index in [0.717, 1.165) is 37.7 Å². The standard InChI is InChI=1S/C23H32N4/c1-23(2)11-10-21(26(3)4)18-16-17(8-9-19(18)23)20-6-5-7-22(25-20)27-14-12-24-13-15-27/h5-9,16,21,24H,10-15H2,1-4H3. The molecule has 1 N–H and O–H groups in total. The fraction of sp³-hybridized carbons (Fsp3) is 0.522. The Morgan fingerprint density at radius 2 is 1.89 bits per heavy atom. The van der Waals surface area contributed by atoms with Crippen molar-refractivity contribution >= 4 is 5.82 Å². The number of pyridine rings is 1. The highest BCUT2D eigenvalue weighted by molar-refractivity contribution is 5.64. The summed E-state index contributed by atoms with van der Waals surface area (Å²) in [4.78, 5) is 9.75. The molecule has 2 aromatic rings. The average molecular weight is 365 g/mol. The lowest BCUT2D eigenvalue weighted by Gasteiger charge is -2.40. The van der Waals surface area contributed by atoms with Crippen molar-refractivity contribution in [2.75, 3.05) is 45.2 Å². The van der Waals surface area contributed by atoms with E-state index < -0.39 is 0 Å². The quantitative estimate of drug-likeness (QED) is 0.897. The number of nitrogens with zero attached hydrogens (tertiary/aromatic N) is 3. The lowest BCUT2D eigenvalue weighted by atomic mass is 9.70. The maximum atomic E-state index is 5.01. The number of nitrogens with one attached hydrogen (secondary N) is 1. The summed E-state index contributed by atoms with van der Waals surface area (Å²) in [5, 5.41) is 3.41. The number of fused-ring (bicyclic) bond motifs is 1. The molecular weight excluding hydrogens is 332 g/mol. The first-order valence-corrected chi connectivity index (χ1v) is 10.2. The molecule has 144 valence electrons. The van der Waals surface area contributed by atoms with Crippen LogP contribution < -0.4 is 10.2 Å². The van der Waals surface area contributed by atoms with Crippen LogP contribution in [0.4, 0.5) is 5.82 Å². The molecule has 2 aliphatic rings. The number of benzene rings is 1. The minimum atomic E-state index is 0.246. The van der Waals surface area contributed by atoms with E-state index in [0.29, 0.717) is 6.04 Å². The van der Waals surface area contributed by atoms with Gasteiger partial charge < -0.3 is 15.1 Å². The summed E-state index contributed by atoms with van der Waals surface area (Å²) >= 11 is 0. The SMILES string of the molecule is CN(C)C1CCC(C)(C)c2ccc(-c3cccc(N4CCNCC4)n3)cc21. The van der Waals surface area contributed by atoms with Crippen LogP contribution in [0, 0.1) is 0 Å². The van der Waals surface area contributed by atoms with E-state index in [4.69, 9.17) is 4.98 Å². The van der Waals surface area contributed by atoms with Crippen molar-refractivity contribution < 1.29 is 0 Å². The van der Waals surface area contributed by atoms with E-state index in [-0.39, 0.29) is 5.41 Å².